The first kappa shape index (κ1) is 15.6. The molecule has 0 aliphatic heterocycles. The Morgan fingerprint density at radius 2 is 1.80 bits per heavy atom. The maximum Gasteiger partial charge on any atom is 0.181 e. The van der Waals surface area contributed by atoms with E-state index in [1.165, 1.54) is 18.2 Å². The summed E-state index contributed by atoms with van der Waals surface area (Å²) in [5.41, 5.74) is 0.176. The van der Waals surface area contributed by atoms with Crippen LogP contribution in [0.25, 0.3) is 0 Å². The minimum absolute atomic E-state index is 0.0387. The molecule has 2 nitrogen and oxygen atoms in total. The highest BCUT2D eigenvalue weighted by molar-refractivity contribution is 9.10. The van der Waals surface area contributed by atoms with Crippen LogP contribution in [0.15, 0.2) is 33.2 Å². The molecule has 2 aromatic carbocycles. The lowest BCUT2D eigenvalue weighted by Crippen LogP contribution is -1.92. The molecule has 0 amide bonds. The highest BCUT2D eigenvalue weighted by atomic mass is 79.9. The van der Waals surface area contributed by atoms with Crippen LogP contribution in [0.1, 0.15) is 5.56 Å². The summed E-state index contributed by atoms with van der Waals surface area (Å²) >= 11 is 18.2. The standard InChI is InChI=1S/C13H4Br2Cl2FNO/c14-7-3-9(17)11(4-8(7)16)20-10-2-1-6(5-19)12(15)13(10)18/h1-4H. The normalized spacial score (nSPS) is 10.2. The van der Waals surface area contributed by atoms with Crippen molar-refractivity contribution in [3.05, 3.63) is 54.6 Å². The van der Waals surface area contributed by atoms with Crippen molar-refractivity contribution in [2.75, 3.05) is 0 Å². The first-order chi connectivity index (χ1) is 9.43. The van der Waals surface area contributed by atoms with Gasteiger partial charge in [0.05, 0.1) is 20.1 Å². The van der Waals surface area contributed by atoms with Crippen molar-refractivity contribution in [3.8, 4) is 17.6 Å². The molecule has 0 bridgehead atoms. The van der Waals surface area contributed by atoms with E-state index in [9.17, 15) is 4.39 Å². The summed E-state index contributed by atoms with van der Waals surface area (Å²) in [5, 5.41) is 9.47. The van der Waals surface area contributed by atoms with Crippen molar-refractivity contribution >= 4 is 55.1 Å². The van der Waals surface area contributed by atoms with Gasteiger partial charge in [-0.25, -0.2) is 4.39 Å². The quantitative estimate of drug-likeness (QED) is 0.513. The molecule has 0 N–H and O–H groups in total. The average molecular weight is 440 g/mol. The largest absolute Gasteiger partial charge is 0.453 e. The van der Waals surface area contributed by atoms with Gasteiger partial charge in [0.2, 0.25) is 0 Å². The number of nitrogens with zero attached hydrogens (tertiary/aromatic N) is 1. The molecule has 0 aromatic heterocycles. The molecule has 2 rings (SSSR count). The van der Waals surface area contributed by atoms with Crippen LogP contribution in [0, 0.1) is 17.1 Å². The highest BCUT2D eigenvalue weighted by Crippen LogP contribution is 2.38. The highest BCUT2D eigenvalue weighted by Gasteiger charge is 2.15. The molecule has 0 aliphatic rings. The van der Waals surface area contributed by atoms with Gasteiger partial charge in [-0.15, -0.1) is 0 Å². The second-order valence-corrected chi connectivity index (χ2v) is 6.11. The third kappa shape index (κ3) is 3.09. The number of ether oxygens (including phenoxy) is 1. The number of nitriles is 1. The third-order valence-corrected chi connectivity index (χ3v) is 4.63. The predicted octanol–water partition coefficient (Wildman–Crippen LogP) is 6.32. The van der Waals surface area contributed by atoms with Crippen molar-refractivity contribution < 1.29 is 9.13 Å². The Morgan fingerprint density at radius 1 is 1.10 bits per heavy atom. The second-order valence-electron chi connectivity index (χ2n) is 3.65. The van der Waals surface area contributed by atoms with E-state index in [2.05, 4.69) is 31.9 Å². The topological polar surface area (TPSA) is 33.0 Å². The molecule has 0 saturated carbocycles. The molecular formula is C13H4Br2Cl2FNO. The average Bonchev–Trinajstić information content (AvgIpc) is 2.41. The second kappa shape index (κ2) is 6.31. The summed E-state index contributed by atoms with van der Waals surface area (Å²) in [7, 11) is 0. The van der Waals surface area contributed by atoms with Crippen LogP contribution in [0.3, 0.4) is 0 Å². The van der Waals surface area contributed by atoms with E-state index in [0.29, 0.717) is 9.50 Å². The lowest BCUT2D eigenvalue weighted by molar-refractivity contribution is 0.440. The molecule has 0 heterocycles. The Morgan fingerprint density at radius 3 is 2.45 bits per heavy atom. The van der Waals surface area contributed by atoms with Crippen molar-refractivity contribution in [3.63, 3.8) is 0 Å². The monoisotopic (exact) mass is 437 g/mol. The molecule has 0 atom stereocenters. The summed E-state index contributed by atoms with van der Waals surface area (Å²) in [6, 6.07) is 7.68. The predicted molar refractivity (Wildman–Crippen MR) is 83.1 cm³/mol. The number of hydrogen-bond donors (Lipinski definition) is 0. The molecule has 20 heavy (non-hydrogen) atoms. The van der Waals surface area contributed by atoms with Crippen LogP contribution < -0.4 is 4.74 Å². The molecule has 0 aliphatic carbocycles. The van der Waals surface area contributed by atoms with Gasteiger partial charge in [-0.3, -0.25) is 0 Å². The maximum atomic E-state index is 14.0. The molecule has 2 aromatic rings. The summed E-state index contributed by atoms with van der Waals surface area (Å²) in [4.78, 5) is 0. The molecule has 0 spiro atoms. The SMILES string of the molecule is N#Cc1ccc(Oc2cc(Cl)c(Br)cc2Cl)c(F)c1Br. The van der Waals surface area contributed by atoms with Crippen molar-refractivity contribution in [2.45, 2.75) is 0 Å². The fourth-order valence-electron chi connectivity index (χ4n) is 1.40. The van der Waals surface area contributed by atoms with Crippen molar-refractivity contribution in [1.82, 2.24) is 0 Å². The molecule has 0 radical (unpaired) electrons. The smallest absolute Gasteiger partial charge is 0.181 e. The van der Waals surface area contributed by atoms with Crippen LogP contribution in [0.4, 0.5) is 4.39 Å². The first-order valence-electron chi connectivity index (χ1n) is 5.14. The van der Waals surface area contributed by atoms with E-state index in [-0.39, 0.29) is 26.6 Å². The Kier molecular flexibility index (Phi) is 4.92. The van der Waals surface area contributed by atoms with Crippen LogP contribution in [0.5, 0.6) is 11.5 Å². The molecule has 7 heteroatoms. The van der Waals surface area contributed by atoms with Gasteiger partial charge in [-0.2, -0.15) is 5.26 Å². The Labute approximate surface area is 141 Å². The van der Waals surface area contributed by atoms with Crippen LogP contribution in [-0.4, -0.2) is 0 Å². The van der Waals surface area contributed by atoms with E-state index in [1.54, 1.807) is 6.07 Å². The van der Waals surface area contributed by atoms with Gasteiger partial charge in [-0.1, -0.05) is 23.2 Å². The first-order valence-corrected chi connectivity index (χ1v) is 7.48. The van der Waals surface area contributed by atoms with E-state index in [1.807, 2.05) is 6.07 Å². The van der Waals surface area contributed by atoms with Gasteiger partial charge >= 0.3 is 0 Å². The zero-order chi connectivity index (χ0) is 14.9. The molecule has 0 fully saturated rings. The number of rotatable bonds is 2. The van der Waals surface area contributed by atoms with E-state index in [4.69, 9.17) is 33.2 Å². The summed E-state index contributed by atoms with van der Waals surface area (Å²) < 4.78 is 20.1. The summed E-state index contributed by atoms with van der Waals surface area (Å²) in [6.07, 6.45) is 0. The van der Waals surface area contributed by atoms with Crippen molar-refractivity contribution in [1.29, 1.82) is 5.26 Å². The summed E-state index contributed by atoms with van der Waals surface area (Å²) in [5.74, 6) is -0.523. The van der Waals surface area contributed by atoms with Crippen LogP contribution in [-0.2, 0) is 0 Å². The third-order valence-electron chi connectivity index (χ3n) is 2.36. The van der Waals surface area contributed by atoms with Gasteiger partial charge < -0.3 is 4.74 Å². The minimum atomic E-state index is -0.681. The number of hydrogen-bond acceptors (Lipinski definition) is 2. The molecule has 0 unspecified atom stereocenters. The van der Waals surface area contributed by atoms with Gasteiger partial charge in [0.25, 0.3) is 0 Å². The van der Waals surface area contributed by atoms with Crippen molar-refractivity contribution in [2.24, 2.45) is 0 Å². The Hall–Kier alpha value is -0.800. The molecule has 0 saturated heterocycles. The fourth-order valence-corrected chi connectivity index (χ4v) is 2.65. The van der Waals surface area contributed by atoms with Gasteiger partial charge in [0.1, 0.15) is 11.8 Å². The zero-order valence-corrected chi connectivity index (χ0v) is 14.2. The number of halogens is 5. The van der Waals surface area contributed by atoms with Gasteiger partial charge in [-0.05, 0) is 50.1 Å². The summed E-state index contributed by atoms with van der Waals surface area (Å²) in [6.45, 7) is 0. The Bertz CT molecular complexity index is 731. The zero-order valence-electron chi connectivity index (χ0n) is 9.55. The van der Waals surface area contributed by atoms with Crippen LogP contribution in [0.2, 0.25) is 10.0 Å². The molecular weight excluding hydrogens is 436 g/mol. The van der Waals surface area contributed by atoms with Gasteiger partial charge in [0.15, 0.2) is 11.6 Å². The fraction of sp³-hybridized carbons (Fsp3) is 0. The van der Waals surface area contributed by atoms with E-state index >= 15 is 0 Å². The minimum Gasteiger partial charge on any atom is -0.453 e. The lowest BCUT2D eigenvalue weighted by atomic mass is 10.2. The van der Waals surface area contributed by atoms with E-state index in [0.717, 1.165) is 0 Å². The molecule has 102 valence electrons. The number of benzene rings is 2. The Balaban J connectivity index is 2.44. The maximum absolute atomic E-state index is 14.0. The lowest BCUT2D eigenvalue weighted by Gasteiger charge is -2.11. The van der Waals surface area contributed by atoms with Crippen LogP contribution >= 0.6 is 55.1 Å². The van der Waals surface area contributed by atoms with Gasteiger partial charge in [0, 0.05) is 10.5 Å². The van der Waals surface area contributed by atoms with E-state index < -0.39 is 5.82 Å².